The number of unbranched alkanes of at least 4 members (excludes halogenated alkanes) is 5. The van der Waals surface area contributed by atoms with Crippen molar-refractivity contribution in [2.75, 3.05) is 20.3 Å². The molecule has 7 heteroatoms. The van der Waals surface area contributed by atoms with E-state index in [9.17, 15) is 14.4 Å². The molecule has 1 aromatic rings. The molecule has 194 valence electrons. The van der Waals surface area contributed by atoms with Crippen molar-refractivity contribution in [2.45, 2.75) is 89.6 Å². The second-order valence-electron chi connectivity index (χ2n) is 9.72. The van der Waals surface area contributed by atoms with Gasteiger partial charge in [-0.3, -0.25) is 14.4 Å². The SMILES string of the molecule is COC(=O)C1CCC(C(=O)Oc2ccc(CCOC(=O)CCCCCCCCC3CO3)cc2)CC1. The lowest BCUT2D eigenvalue weighted by Crippen LogP contribution is -2.29. The zero-order valence-electron chi connectivity index (χ0n) is 21.0. The van der Waals surface area contributed by atoms with E-state index in [-0.39, 0.29) is 29.7 Å². The molecule has 1 saturated heterocycles. The van der Waals surface area contributed by atoms with Crippen LogP contribution >= 0.6 is 0 Å². The lowest BCUT2D eigenvalue weighted by Gasteiger charge is -2.25. The minimum atomic E-state index is -0.247. The Hall–Kier alpha value is -2.41. The van der Waals surface area contributed by atoms with E-state index in [2.05, 4.69) is 0 Å². The molecular weight excluding hydrogens is 448 g/mol. The molecule has 2 fully saturated rings. The summed E-state index contributed by atoms with van der Waals surface area (Å²) in [7, 11) is 1.40. The monoisotopic (exact) mass is 488 g/mol. The summed E-state index contributed by atoms with van der Waals surface area (Å²) < 4.78 is 20.9. The highest BCUT2D eigenvalue weighted by molar-refractivity contribution is 5.76. The van der Waals surface area contributed by atoms with E-state index in [0.717, 1.165) is 25.0 Å². The van der Waals surface area contributed by atoms with Gasteiger partial charge in [0, 0.05) is 12.8 Å². The summed E-state index contributed by atoms with van der Waals surface area (Å²) in [6, 6.07) is 7.32. The van der Waals surface area contributed by atoms with Gasteiger partial charge in [-0.15, -0.1) is 0 Å². The molecule has 1 heterocycles. The Kier molecular flexibility index (Phi) is 11.5. The fraction of sp³-hybridized carbons (Fsp3) is 0.679. The molecule has 1 aliphatic heterocycles. The van der Waals surface area contributed by atoms with E-state index >= 15 is 0 Å². The Labute approximate surface area is 208 Å². The number of ether oxygens (including phenoxy) is 4. The third-order valence-electron chi connectivity index (χ3n) is 6.95. The van der Waals surface area contributed by atoms with Crippen LogP contribution in [0.3, 0.4) is 0 Å². The lowest BCUT2D eigenvalue weighted by molar-refractivity contribution is -0.149. The van der Waals surface area contributed by atoms with Gasteiger partial charge in [0.2, 0.25) is 0 Å². The first kappa shape index (κ1) is 27.2. The van der Waals surface area contributed by atoms with Gasteiger partial charge in [0.1, 0.15) is 5.75 Å². The molecule has 7 nitrogen and oxygen atoms in total. The lowest BCUT2D eigenvalue weighted by atomic mass is 9.82. The van der Waals surface area contributed by atoms with Gasteiger partial charge in [-0.25, -0.2) is 0 Å². The Morgan fingerprint density at radius 2 is 1.46 bits per heavy atom. The highest BCUT2D eigenvalue weighted by atomic mass is 16.6. The summed E-state index contributed by atoms with van der Waals surface area (Å²) in [6.07, 6.45) is 12.3. The number of hydrogen-bond donors (Lipinski definition) is 0. The van der Waals surface area contributed by atoms with Gasteiger partial charge in [-0.2, -0.15) is 0 Å². The van der Waals surface area contributed by atoms with Gasteiger partial charge in [0.05, 0.1) is 38.3 Å². The van der Waals surface area contributed by atoms with Gasteiger partial charge < -0.3 is 18.9 Å². The van der Waals surface area contributed by atoms with Crippen molar-refractivity contribution in [3.05, 3.63) is 29.8 Å². The Bertz CT molecular complexity index is 792. The highest BCUT2D eigenvalue weighted by Gasteiger charge is 2.31. The molecule has 1 aliphatic carbocycles. The molecule has 0 amide bonds. The van der Waals surface area contributed by atoms with Crippen molar-refractivity contribution < 1.29 is 33.3 Å². The van der Waals surface area contributed by atoms with Crippen molar-refractivity contribution in [2.24, 2.45) is 11.8 Å². The standard InChI is InChI=1S/C28H40O7/c1-32-27(30)22-12-14-23(15-13-22)28(31)35-24-16-10-21(11-17-24)18-19-33-26(29)9-7-5-3-2-4-6-8-25-20-34-25/h10-11,16-17,22-23,25H,2-9,12-15,18-20H2,1H3. The fourth-order valence-electron chi connectivity index (χ4n) is 4.59. The first-order valence-corrected chi connectivity index (χ1v) is 13.2. The predicted molar refractivity (Wildman–Crippen MR) is 131 cm³/mol. The second kappa shape index (κ2) is 14.9. The van der Waals surface area contributed by atoms with Gasteiger partial charge in [0.25, 0.3) is 0 Å². The molecule has 1 atom stereocenters. The van der Waals surface area contributed by atoms with Crippen LogP contribution in [-0.2, 0) is 35.0 Å². The van der Waals surface area contributed by atoms with E-state index < -0.39 is 0 Å². The molecule has 1 aromatic carbocycles. The van der Waals surface area contributed by atoms with E-state index in [0.29, 0.717) is 57.0 Å². The number of carbonyl (C=O) groups is 3. The highest BCUT2D eigenvalue weighted by Crippen LogP contribution is 2.30. The number of epoxide rings is 1. The summed E-state index contributed by atoms with van der Waals surface area (Å²) in [4.78, 5) is 36.0. The fourth-order valence-corrected chi connectivity index (χ4v) is 4.59. The number of benzene rings is 1. The molecule has 3 rings (SSSR count). The summed E-state index contributed by atoms with van der Waals surface area (Å²) >= 11 is 0. The van der Waals surface area contributed by atoms with Crippen LogP contribution in [0.15, 0.2) is 24.3 Å². The Morgan fingerprint density at radius 1 is 0.857 bits per heavy atom. The van der Waals surface area contributed by atoms with Gasteiger partial charge in [-0.1, -0.05) is 44.2 Å². The predicted octanol–water partition coefficient (Wildman–Crippen LogP) is 5.18. The molecule has 35 heavy (non-hydrogen) atoms. The third-order valence-corrected chi connectivity index (χ3v) is 6.95. The van der Waals surface area contributed by atoms with Crippen LogP contribution in [0.2, 0.25) is 0 Å². The quantitative estimate of drug-likeness (QED) is 0.145. The molecule has 1 unspecified atom stereocenters. The first-order chi connectivity index (χ1) is 17.0. The minimum Gasteiger partial charge on any atom is -0.469 e. The number of esters is 3. The van der Waals surface area contributed by atoms with Crippen molar-refractivity contribution in [3.8, 4) is 5.75 Å². The number of carbonyl (C=O) groups excluding carboxylic acids is 3. The van der Waals surface area contributed by atoms with Crippen LogP contribution in [0, 0.1) is 11.8 Å². The summed E-state index contributed by atoms with van der Waals surface area (Å²) in [6.45, 7) is 1.30. The molecule has 1 saturated carbocycles. The van der Waals surface area contributed by atoms with Crippen LogP contribution < -0.4 is 4.74 Å². The zero-order chi connectivity index (χ0) is 24.9. The van der Waals surface area contributed by atoms with Crippen LogP contribution in [0.5, 0.6) is 5.75 Å². The zero-order valence-corrected chi connectivity index (χ0v) is 21.0. The van der Waals surface area contributed by atoms with Crippen molar-refractivity contribution in [1.29, 1.82) is 0 Å². The summed E-state index contributed by atoms with van der Waals surface area (Å²) in [5.74, 6) is -0.366. The normalized spacial score (nSPS) is 21.2. The van der Waals surface area contributed by atoms with Gasteiger partial charge in [-0.05, 0) is 56.2 Å². The van der Waals surface area contributed by atoms with Crippen LogP contribution in [0.4, 0.5) is 0 Å². The Morgan fingerprint density at radius 3 is 2.09 bits per heavy atom. The van der Waals surface area contributed by atoms with E-state index in [1.54, 1.807) is 12.1 Å². The topological polar surface area (TPSA) is 91.4 Å². The Balaban J connectivity index is 1.22. The van der Waals surface area contributed by atoms with E-state index in [1.165, 1.54) is 39.2 Å². The average Bonchev–Trinajstić information content (AvgIpc) is 3.71. The van der Waals surface area contributed by atoms with Gasteiger partial charge >= 0.3 is 17.9 Å². The summed E-state index contributed by atoms with van der Waals surface area (Å²) in [5.41, 5.74) is 1.02. The molecule has 0 spiro atoms. The maximum atomic E-state index is 12.4. The van der Waals surface area contributed by atoms with Crippen LogP contribution in [0.1, 0.15) is 82.6 Å². The summed E-state index contributed by atoms with van der Waals surface area (Å²) in [5, 5.41) is 0. The van der Waals surface area contributed by atoms with Crippen molar-refractivity contribution in [3.63, 3.8) is 0 Å². The largest absolute Gasteiger partial charge is 0.469 e. The second-order valence-corrected chi connectivity index (χ2v) is 9.72. The van der Waals surface area contributed by atoms with E-state index in [1.807, 2.05) is 12.1 Å². The van der Waals surface area contributed by atoms with Crippen LogP contribution in [0.25, 0.3) is 0 Å². The van der Waals surface area contributed by atoms with Crippen LogP contribution in [-0.4, -0.2) is 44.3 Å². The average molecular weight is 489 g/mol. The maximum absolute atomic E-state index is 12.4. The van der Waals surface area contributed by atoms with Gasteiger partial charge in [0.15, 0.2) is 0 Å². The maximum Gasteiger partial charge on any atom is 0.314 e. The third kappa shape index (κ3) is 10.4. The smallest absolute Gasteiger partial charge is 0.314 e. The minimum absolute atomic E-state index is 0.111. The number of rotatable bonds is 15. The molecule has 0 radical (unpaired) electrons. The van der Waals surface area contributed by atoms with E-state index in [4.69, 9.17) is 18.9 Å². The molecular formula is C28H40O7. The molecule has 0 bridgehead atoms. The first-order valence-electron chi connectivity index (χ1n) is 13.2. The molecule has 0 N–H and O–H groups in total. The van der Waals surface area contributed by atoms with Crippen molar-refractivity contribution in [1.82, 2.24) is 0 Å². The number of methoxy groups -OCH3 is 1. The number of hydrogen-bond acceptors (Lipinski definition) is 7. The van der Waals surface area contributed by atoms with Crippen molar-refractivity contribution >= 4 is 17.9 Å². The molecule has 2 aliphatic rings. The molecule has 0 aromatic heterocycles.